The number of terminal acetylenes is 2. The van der Waals surface area contributed by atoms with Crippen LogP contribution in [0.3, 0.4) is 0 Å². The van der Waals surface area contributed by atoms with Gasteiger partial charge in [-0.3, -0.25) is 47.0 Å². The molecule has 6 N–H and O–H groups in total. The summed E-state index contributed by atoms with van der Waals surface area (Å²) in [4.78, 5) is 121. The highest BCUT2D eigenvalue weighted by molar-refractivity contribution is 6.28. The molecule has 11 rings (SSSR count). The second-order valence-corrected chi connectivity index (χ2v) is 23.1. The minimum Gasteiger partial charge on any atom is -0.501 e. The number of esters is 2. The fraction of sp³-hybridized carbons (Fsp3) is 0.527. The zero-order valence-electron chi connectivity index (χ0n) is 60.5. The minimum absolute atomic E-state index is 0. The molecule has 0 aromatic carbocycles. The molecule has 11 heterocycles. The number of hydrogen-bond acceptors (Lipinski definition) is 29. The maximum absolute atomic E-state index is 12.7. The molecule has 35 nitrogen and oxygen atoms in total. The van der Waals surface area contributed by atoms with Gasteiger partial charge in [0.15, 0.2) is 22.8 Å². The smallest absolute Gasteiger partial charge is 0.361 e. The van der Waals surface area contributed by atoms with Gasteiger partial charge in [-0.1, -0.05) is 59.0 Å². The molecule has 4 fully saturated rings. The monoisotopic (exact) mass is 1560 g/mol. The van der Waals surface area contributed by atoms with E-state index in [0.717, 1.165) is 95.2 Å². The summed E-state index contributed by atoms with van der Waals surface area (Å²) in [5, 5.41) is 28.6. The summed E-state index contributed by atoms with van der Waals surface area (Å²) in [7, 11) is 6.26. The molecular formula is C74H111ClN18O17. The minimum atomic E-state index is -0.726. The lowest BCUT2D eigenvalue weighted by atomic mass is 10.1. The van der Waals surface area contributed by atoms with Crippen LogP contribution in [0.4, 0.5) is 34.9 Å². The fourth-order valence-corrected chi connectivity index (χ4v) is 10.4. The van der Waals surface area contributed by atoms with Crippen LogP contribution in [0.15, 0.2) is 70.1 Å². The van der Waals surface area contributed by atoms with E-state index in [-0.39, 0.29) is 127 Å². The number of nitrogen functional groups attached to an aromatic ring is 1. The third kappa shape index (κ3) is 29.2. The molecule has 4 saturated heterocycles. The third-order valence-corrected chi connectivity index (χ3v) is 15.6. The molecule has 0 spiro atoms. The maximum atomic E-state index is 12.7. The van der Waals surface area contributed by atoms with Crippen LogP contribution in [0.2, 0.25) is 5.28 Å². The number of aromatic hydroxyl groups is 1. The number of anilines is 6. The topological polar surface area (TPSA) is 424 Å². The van der Waals surface area contributed by atoms with Crippen molar-refractivity contribution in [3.8, 4) is 59.5 Å². The molecule has 4 aliphatic heterocycles. The molecule has 4 aliphatic rings. The first kappa shape index (κ1) is 98.4. The van der Waals surface area contributed by atoms with Gasteiger partial charge in [-0.15, -0.1) is 12.8 Å². The number of piperidine rings is 4. The Hall–Kier alpha value is -11.6. The number of nitrogens with two attached hydrogens (primary N) is 1. The lowest BCUT2D eigenvalue weighted by Crippen LogP contribution is -2.37. The normalized spacial score (nSPS) is 12.8. The Bertz CT molecular complexity index is 4290. The van der Waals surface area contributed by atoms with Gasteiger partial charge in [-0.2, -0.15) is 0 Å². The van der Waals surface area contributed by atoms with Crippen molar-refractivity contribution in [2.45, 2.75) is 149 Å². The molecule has 7 aromatic rings. The van der Waals surface area contributed by atoms with E-state index in [1.54, 1.807) is 48.7 Å². The van der Waals surface area contributed by atoms with Crippen molar-refractivity contribution in [2.24, 2.45) is 28.2 Å². The Kier molecular flexibility index (Phi) is 46.8. The van der Waals surface area contributed by atoms with Crippen LogP contribution in [0.25, 0.3) is 0 Å². The summed E-state index contributed by atoms with van der Waals surface area (Å²) in [6, 6.07) is 0. The number of rotatable bonds is 17. The number of carbonyl (C=O) groups excluding carboxylic acids is 4. The van der Waals surface area contributed by atoms with Crippen LogP contribution < -0.4 is 72.8 Å². The Balaban J connectivity index is 0.00000132. The summed E-state index contributed by atoms with van der Waals surface area (Å²) in [6.45, 7) is 17.1. The summed E-state index contributed by atoms with van der Waals surface area (Å²) in [5.74, 6) is 6.46. The van der Waals surface area contributed by atoms with Crippen LogP contribution in [0.5, 0.6) is 23.0 Å². The van der Waals surface area contributed by atoms with Crippen molar-refractivity contribution in [1.29, 1.82) is 0 Å². The van der Waals surface area contributed by atoms with E-state index in [1.807, 2.05) is 14.7 Å². The summed E-state index contributed by atoms with van der Waals surface area (Å²) < 4.78 is 44.6. The Morgan fingerprint density at radius 1 is 0.491 bits per heavy atom. The van der Waals surface area contributed by atoms with Crippen LogP contribution >= 0.6 is 11.6 Å². The number of amides is 2. The van der Waals surface area contributed by atoms with Crippen molar-refractivity contribution in [3.05, 3.63) is 107 Å². The predicted molar refractivity (Wildman–Crippen MR) is 424 cm³/mol. The van der Waals surface area contributed by atoms with Gasteiger partial charge in [0.25, 0.3) is 34.1 Å². The van der Waals surface area contributed by atoms with E-state index < -0.39 is 40.6 Å². The molecule has 36 heteroatoms. The largest absolute Gasteiger partial charge is 0.501 e. The van der Waals surface area contributed by atoms with E-state index in [4.69, 9.17) is 58.4 Å². The molecular weight excluding hydrogens is 1450 g/mol. The van der Waals surface area contributed by atoms with Gasteiger partial charge in [0.05, 0.1) is 57.3 Å². The Morgan fingerprint density at radius 3 is 1.15 bits per heavy atom. The molecule has 0 bridgehead atoms. The van der Waals surface area contributed by atoms with Crippen LogP contribution in [0, 0.1) is 36.5 Å². The van der Waals surface area contributed by atoms with Gasteiger partial charge in [0.1, 0.15) is 30.2 Å². The molecule has 0 saturated carbocycles. The second-order valence-electron chi connectivity index (χ2n) is 22.7. The highest BCUT2D eigenvalue weighted by Crippen LogP contribution is 2.25. The number of carbonyl (C=O) groups is 4. The van der Waals surface area contributed by atoms with E-state index in [1.165, 1.54) is 104 Å². The van der Waals surface area contributed by atoms with E-state index >= 15 is 0 Å². The lowest BCUT2D eigenvalue weighted by Gasteiger charge is -2.29. The first-order chi connectivity index (χ1) is 50.6. The quantitative estimate of drug-likeness (QED) is 0.0322. The SMILES string of the molecule is C.C.C.C.C.C#CC#CC#C.C1CCNCC1.CCOC(=O)c1nc(Cl)n(C)c(=O)c1OCC.CCOC(=O)c1nc(N2CCCCC2)n(C)c(=O)c1OCC.CCOc1c(C(=O)Nc2cnoc2)nc(N2CCCCC2)n(C)c1=O.Cn1c(N2CCCCC2)nc(C(=O)Nc2cnoc2)c(O)c1=O.Nc1cnoc1. The number of ether oxygens (including phenoxy) is 5. The second kappa shape index (κ2) is 52.4. The first-order valence-electron chi connectivity index (χ1n) is 34.1. The number of halogens is 1. The van der Waals surface area contributed by atoms with Gasteiger partial charge in [0.2, 0.25) is 46.1 Å². The zero-order chi connectivity index (χ0) is 76.8. The molecule has 0 radical (unpaired) electrons. The summed E-state index contributed by atoms with van der Waals surface area (Å²) >= 11 is 5.72. The van der Waals surface area contributed by atoms with Gasteiger partial charge in [-0.25, -0.2) is 29.5 Å². The number of hydrogen-bond donors (Lipinski definition) is 5. The number of nitrogens with zero attached hydrogens (tertiary/aromatic N) is 14. The van der Waals surface area contributed by atoms with Crippen molar-refractivity contribution >= 4 is 70.3 Å². The van der Waals surface area contributed by atoms with Crippen molar-refractivity contribution < 1.29 is 61.5 Å². The van der Waals surface area contributed by atoms with Gasteiger partial charge < -0.3 is 78.7 Å². The average Bonchev–Trinajstić information content (AvgIpc) is 0.872. The van der Waals surface area contributed by atoms with Crippen LogP contribution in [0.1, 0.15) is 191 Å². The van der Waals surface area contributed by atoms with E-state index in [2.05, 4.69) is 84.1 Å². The van der Waals surface area contributed by atoms with Crippen molar-refractivity contribution in [2.75, 3.05) is 116 Å². The standard InChI is InChI=1S/C16H21N5O4.C15H23N3O4.C14H17N5O4.C10H13ClN2O4.C6H2.C5H11N.C3H4N2O.5CH4/c1-3-24-13-12(14(22)18-11-9-17-25-10-11)19-16(20(2)15(13)23)21-7-5-4-6-8-21;1-4-21-12-11(14(20)22-5-2)16-15(17(3)13(12)19)18-9-7-6-8-10-18;1-18-13(22)11(20)10(12(21)16-9-7-15-23-8-9)17-14(18)19-5-3-2-4-6-19;1-4-16-7-6(9(15)17-5-2)12-10(11)13(3)8(7)14;1-3-5-6-4-2;1-2-4-6-5-3-1;4-3-1-5-6-2-3;;;;;/h9-10H,3-8H2,1-2H3,(H,18,22);4-10H2,1-3H3;7-8,20H,2-6H2,1H3,(H,16,21);4-5H2,1-3H3;1-2H;6H,1-5H2;1-2H,4H2;5*1H4. The first-order valence-corrected chi connectivity index (χ1v) is 34.4. The highest BCUT2D eigenvalue weighted by Gasteiger charge is 2.29. The molecule has 7 aromatic heterocycles. The van der Waals surface area contributed by atoms with Crippen LogP contribution in [-0.4, -0.2) is 168 Å². The molecule has 2 amide bonds. The van der Waals surface area contributed by atoms with Gasteiger partial charge >= 0.3 is 11.9 Å². The average molecular weight is 1560 g/mol. The van der Waals surface area contributed by atoms with Crippen molar-refractivity contribution in [1.82, 2.24) is 59.0 Å². The summed E-state index contributed by atoms with van der Waals surface area (Å²) in [6.07, 6.45) is 31.3. The zero-order valence-corrected chi connectivity index (χ0v) is 61.2. The van der Waals surface area contributed by atoms with Gasteiger partial charge in [-0.05, 0) is 154 Å². The number of nitrogens with one attached hydrogen (secondary N) is 3. The Labute approximate surface area is 647 Å². The third-order valence-electron chi connectivity index (χ3n) is 15.3. The molecule has 606 valence electrons. The summed E-state index contributed by atoms with van der Waals surface area (Å²) in [5.41, 5.74) is 3.90. The Morgan fingerprint density at radius 2 is 0.827 bits per heavy atom. The highest BCUT2D eigenvalue weighted by atomic mass is 35.5. The molecule has 0 aliphatic carbocycles. The van der Waals surface area contributed by atoms with Crippen molar-refractivity contribution in [3.63, 3.8) is 0 Å². The van der Waals surface area contributed by atoms with Gasteiger partial charge in [0, 0.05) is 67.5 Å². The fourth-order valence-electron chi connectivity index (χ4n) is 10.2. The number of aromatic nitrogens is 11. The van der Waals surface area contributed by atoms with E-state index in [9.17, 15) is 43.5 Å². The molecule has 0 unspecified atom stereocenters. The lowest BCUT2D eigenvalue weighted by molar-refractivity contribution is 0.0504. The van der Waals surface area contributed by atoms with Crippen LogP contribution in [-0.2, 0) is 37.7 Å². The predicted octanol–water partition coefficient (Wildman–Crippen LogP) is 8.93. The maximum Gasteiger partial charge on any atom is 0.361 e. The molecule has 110 heavy (non-hydrogen) atoms. The molecule has 0 atom stereocenters. The van der Waals surface area contributed by atoms with E-state index in [0.29, 0.717) is 34.9 Å².